The smallest absolute Gasteiger partial charge is 0.229 e. The van der Waals surface area contributed by atoms with Gasteiger partial charge in [-0.3, -0.25) is 0 Å². The van der Waals surface area contributed by atoms with Crippen molar-refractivity contribution in [2.24, 2.45) is 5.41 Å². The Labute approximate surface area is 148 Å². The SMILES string of the molecule is COCC[C@@]1(CO)CCCN(c2cc(N)nc(N3CCOCC3)n2)C1. The third kappa shape index (κ3) is 4.31. The Hall–Kier alpha value is -1.64. The molecule has 0 amide bonds. The number of nitrogen functional groups attached to an aromatic ring is 1. The highest BCUT2D eigenvalue weighted by atomic mass is 16.5. The number of piperidine rings is 1. The Balaban J connectivity index is 1.79. The monoisotopic (exact) mass is 351 g/mol. The normalized spacial score (nSPS) is 24.6. The van der Waals surface area contributed by atoms with Crippen molar-refractivity contribution in [1.82, 2.24) is 9.97 Å². The summed E-state index contributed by atoms with van der Waals surface area (Å²) in [4.78, 5) is 13.5. The molecule has 2 saturated heterocycles. The van der Waals surface area contributed by atoms with Crippen LogP contribution in [-0.4, -0.2) is 74.8 Å². The van der Waals surface area contributed by atoms with E-state index in [0.717, 1.165) is 51.3 Å². The molecule has 3 heterocycles. The Morgan fingerprint density at radius 3 is 2.80 bits per heavy atom. The van der Waals surface area contributed by atoms with Crippen LogP contribution in [0.15, 0.2) is 6.07 Å². The molecule has 3 N–H and O–H groups in total. The highest BCUT2D eigenvalue weighted by molar-refractivity contribution is 5.53. The zero-order valence-corrected chi connectivity index (χ0v) is 15.0. The molecule has 8 nitrogen and oxygen atoms in total. The van der Waals surface area contributed by atoms with Gasteiger partial charge in [-0.05, 0) is 19.3 Å². The summed E-state index contributed by atoms with van der Waals surface area (Å²) in [6.07, 6.45) is 2.86. The summed E-state index contributed by atoms with van der Waals surface area (Å²) in [5, 5.41) is 9.98. The number of rotatable bonds is 6. The number of aromatic nitrogens is 2. The summed E-state index contributed by atoms with van der Waals surface area (Å²) in [7, 11) is 1.70. The minimum absolute atomic E-state index is 0.146. The Morgan fingerprint density at radius 2 is 2.08 bits per heavy atom. The van der Waals surface area contributed by atoms with Gasteiger partial charge in [0.2, 0.25) is 5.95 Å². The fourth-order valence-corrected chi connectivity index (χ4v) is 3.64. The number of nitrogens with zero attached hydrogens (tertiary/aromatic N) is 4. The van der Waals surface area contributed by atoms with E-state index in [9.17, 15) is 5.11 Å². The molecule has 1 aromatic heterocycles. The van der Waals surface area contributed by atoms with Gasteiger partial charge in [0.1, 0.15) is 11.6 Å². The van der Waals surface area contributed by atoms with E-state index < -0.39 is 0 Å². The van der Waals surface area contributed by atoms with Gasteiger partial charge >= 0.3 is 0 Å². The maximum Gasteiger partial charge on any atom is 0.229 e. The van der Waals surface area contributed by atoms with Gasteiger partial charge in [-0.2, -0.15) is 9.97 Å². The van der Waals surface area contributed by atoms with Crippen LogP contribution in [0.2, 0.25) is 0 Å². The topological polar surface area (TPSA) is 97.0 Å². The number of nitrogens with two attached hydrogens (primary N) is 1. The molecular weight excluding hydrogens is 322 g/mol. The van der Waals surface area contributed by atoms with Gasteiger partial charge in [0.15, 0.2) is 0 Å². The number of morpholine rings is 1. The van der Waals surface area contributed by atoms with Gasteiger partial charge in [-0.1, -0.05) is 0 Å². The van der Waals surface area contributed by atoms with E-state index in [1.807, 2.05) is 6.07 Å². The van der Waals surface area contributed by atoms with Gasteiger partial charge in [0.05, 0.1) is 19.8 Å². The molecule has 1 atom stereocenters. The maximum atomic E-state index is 9.98. The average molecular weight is 351 g/mol. The number of aliphatic hydroxyl groups excluding tert-OH is 1. The van der Waals surface area contributed by atoms with Crippen molar-refractivity contribution in [3.63, 3.8) is 0 Å². The lowest BCUT2D eigenvalue weighted by Crippen LogP contribution is -2.46. The molecule has 2 aliphatic rings. The molecule has 8 heteroatoms. The van der Waals surface area contributed by atoms with Crippen molar-refractivity contribution < 1.29 is 14.6 Å². The standard InChI is InChI=1S/C17H29N5O3/c1-24-8-4-17(13-23)3-2-5-22(12-17)15-11-14(18)19-16(20-15)21-6-9-25-10-7-21/h11,23H,2-10,12-13H2,1H3,(H2,18,19,20)/t17-/m0/s1. The number of hydrogen-bond donors (Lipinski definition) is 2. The Morgan fingerprint density at radius 1 is 1.28 bits per heavy atom. The van der Waals surface area contributed by atoms with Crippen LogP contribution in [0.5, 0.6) is 0 Å². The molecule has 3 rings (SSSR count). The fraction of sp³-hybridized carbons (Fsp3) is 0.765. The van der Waals surface area contributed by atoms with Gasteiger partial charge in [-0.25, -0.2) is 0 Å². The van der Waals surface area contributed by atoms with Crippen LogP contribution in [0.1, 0.15) is 19.3 Å². The zero-order chi connectivity index (χ0) is 17.7. The molecule has 140 valence electrons. The number of methoxy groups -OCH3 is 1. The Bertz CT molecular complexity index is 567. The minimum atomic E-state index is -0.146. The molecule has 25 heavy (non-hydrogen) atoms. The quantitative estimate of drug-likeness (QED) is 0.765. The lowest BCUT2D eigenvalue weighted by atomic mass is 9.78. The molecular formula is C17H29N5O3. The van der Waals surface area contributed by atoms with E-state index in [2.05, 4.69) is 14.8 Å². The molecule has 0 bridgehead atoms. The summed E-state index contributed by atoms with van der Waals surface area (Å²) < 4.78 is 10.6. The minimum Gasteiger partial charge on any atom is -0.396 e. The van der Waals surface area contributed by atoms with Crippen LogP contribution < -0.4 is 15.5 Å². The van der Waals surface area contributed by atoms with Crippen LogP contribution in [0.25, 0.3) is 0 Å². The molecule has 0 unspecified atom stereocenters. The van der Waals surface area contributed by atoms with Gasteiger partial charge < -0.3 is 30.1 Å². The van der Waals surface area contributed by atoms with Crippen molar-refractivity contribution in [1.29, 1.82) is 0 Å². The van der Waals surface area contributed by atoms with E-state index in [-0.39, 0.29) is 12.0 Å². The number of ether oxygens (including phenoxy) is 2. The summed E-state index contributed by atoms with van der Waals surface area (Å²) in [6, 6.07) is 1.83. The van der Waals surface area contributed by atoms with Gasteiger partial charge in [-0.15, -0.1) is 0 Å². The van der Waals surface area contributed by atoms with Crippen LogP contribution in [0, 0.1) is 5.41 Å². The Kier molecular flexibility index (Phi) is 5.93. The van der Waals surface area contributed by atoms with E-state index in [0.29, 0.717) is 31.6 Å². The third-order valence-electron chi connectivity index (χ3n) is 5.17. The third-order valence-corrected chi connectivity index (χ3v) is 5.17. The van der Waals surface area contributed by atoms with Gasteiger partial charge in [0.25, 0.3) is 0 Å². The van der Waals surface area contributed by atoms with Gasteiger partial charge in [0, 0.05) is 51.4 Å². The van der Waals surface area contributed by atoms with Crippen molar-refractivity contribution in [2.45, 2.75) is 19.3 Å². The van der Waals surface area contributed by atoms with Crippen LogP contribution >= 0.6 is 0 Å². The predicted molar refractivity (Wildman–Crippen MR) is 96.9 cm³/mol. The highest BCUT2D eigenvalue weighted by Crippen LogP contribution is 2.35. The van der Waals surface area contributed by atoms with Crippen molar-refractivity contribution >= 4 is 17.6 Å². The van der Waals surface area contributed by atoms with Crippen LogP contribution in [0.3, 0.4) is 0 Å². The number of aliphatic hydroxyl groups is 1. The second-order valence-corrected chi connectivity index (χ2v) is 6.98. The molecule has 2 fully saturated rings. The fourth-order valence-electron chi connectivity index (χ4n) is 3.64. The first kappa shape index (κ1) is 18.2. The largest absolute Gasteiger partial charge is 0.396 e. The predicted octanol–water partition coefficient (Wildman–Crippen LogP) is 0.511. The first-order valence-corrected chi connectivity index (χ1v) is 8.98. The lowest BCUT2D eigenvalue weighted by Gasteiger charge is -2.42. The van der Waals surface area contributed by atoms with Crippen molar-refractivity contribution in [3.05, 3.63) is 6.07 Å². The molecule has 0 radical (unpaired) electrons. The summed E-state index contributed by atoms with van der Waals surface area (Å²) in [6.45, 7) is 5.39. The lowest BCUT2D eigenvalue weighted by molar-refractivity contribution is 0.0624. The van der Waals surface area contributed by atoms with E-state index >= 15 is 0 Å². The van der Waals surface area contributed by atoms with E-state index in [1.165, 1.54) is 0 Å². The second-order valence-electron chi connectivity index (χ2n) is 6.98. The number of anilines is 3. The summed E-state index contributed by atoms with van der Waals surface area (Å²) >= 11 is 0. The highest BCUT2D eigenvalue weighted by Gasteiger charge is 2.35. The molecule has 0 saturated carbocycles. The maximum absolute atomic E-state index is 9.98. The molecule has 0 spiro atoms. The van der Waals surface area contributed by atoms with E-state index in [4.69, 9.17) is 20.2 Å². The first-order valence-electron chi connectivity index (χ1n) is 8.98. The second kappa shape index (κ2) is 8.16. The van der Waals surface area contributed by atoms with Crippen LogP contribution in [-0.2, 0) is 9.47 Å². The van der Waals surface area contributed by atoms with Crippen LogP contribution in [0.4, 0.5) is 17.6 Å². The zero-order valence-electron chi connectivity index (χ0n) is 15.0. The summed E-state index contributed by atoms with van der Waals surface area (Å²) in [5.41, 5.74) is 5.90. The molecule has 2 aliphatic heterocycles. The molecule has 1 aromatic rings. The number of hydrogen-bond acceptors (Lipinski definition) is 8. The summed E-state index contributed by atoms with van der Waals surface area (Å²) in [5.74, 6) is 1.97. The molecule has 0 aliphatic carbocycles. The molecule has 0 aromatic carbocycles. The van der Waals surface area contributed by atoms with E-state index in [1.54, 1.807) is 7.11 Å². The first-order chi connectivity index (χ1) is 12.2. The van der Waals surface area contributed by atoms with Crippen molar-refractivity contribution in [3.8, 4) is 0 Å². The van der Waals surface area contributed by atoms with Crippen molar-refractivity contribution in [2.75, 3.05) is 75.2 Å². The average Bonchev–Trinajstić information content (AvgIpc) is 2.67.